The van der Waals surface area contributed by atoms with Crippen LogP contribution >= 0.6 is 0 Å². The lowest BCUT2D eigenvalue weighted by Crippen LogP contribution is -2.11. The van der Waals surface area contributed by atoms with E-state index in [1.165, 1.54) is 88.2 Å². The molecule has 0 aliphatic carbocycles. The first-order valence-electron chi connectivity index (χ1n) is 18.8. The molecule has 0 saturated heterocycles. The fourth-order valence-corrected chi connectivity index (χ4v) is 8.31. The molecule has 2 heteroatoms. The van der Waals surface area contributed by atoms with Gasteiger partial charge in [-0.1, -0.05) is 142 Å². The maximum Gasteiger partial charge on any atom is 0.0541 e. The van der Waals surface area contributed by atoms with Gasteiger partial charge in [0.1, 0.15) is 0 Å². The van der Waals surface area contributed by atoms with Crippen molar-refractivity contribution in [2.75, 3.05) is 0 Å². The predicted molar refractivity (Wildman–Crippen MR) is 230 cm³/mol. The number of fused-ring (bicyclic) bond motifs is 6. The van der Waals surface area contributed by atoms with Crippen LogP contribution in [0.5, 0.6) is 0 Å². The SMILES string of the molecule is CC(C)(C)c1cccc(-n2c3ccccc3c3cc(-c4ccc5c(c4)c4ccccc4n5-c4cc(-c5ccccc5)cc(-c5ccccc5)c4)ccc32)c1. The van der Waals surface area contributed by atoms with E-state index in [2.05, 4.69) is 218 Å². The second-order valence-corrected chi connectivity index (χ2v) is 15.5. The Balaban J connectivity index is 1.15. The molecule has 2 aromatic heterocycles. The summed E-state index contributed by atoms with van der Waals surface area (Å²) >= 11 is 0. The quantitative estimate of drug-likeness (QED) is 0.170. The van der Waals surface area contributed by atoms with E-state index < -0.39 is 0 Å². The summed E-state index contributed by atoms with van der Waals surface area (Å²) in [4.78, 5) is 0. The van der Waals surface area contributed by atoms with Gasteiger partial charge in [0.25, 0.3) is 0 Å². The summed E-state index contributed by atoms with van der Waals surface area (Å²) in [5.74, 6) is 0. The van der Waals surface area contributed by atoms with Crippen molar-refractivity contribution in [1.82, 2.24) is 9.13 Å². The molecule has 0 aliphatic heterocycles. The molecule has 10 aromatic rings. The van der Waals surface area contributed by atoms with Crippen molar-refractivity contribution in [2.24, 2.45) is 0 Å². The second-order valence-electron chi connectivity index (χ2n) is 15.5. The Hall–Kier alpha value is -6.64. The van der Waals surface area contributed by atoms with Gasteiger partial charge in [0.15, 0.2) is 0 Å². The van der Waals surface area contributed by atoms with Gasteiger partial charge in [-0.25, -0.2) is 0 Å². The van der Waals surface area contributed by atoms with Gasteiger partial charge in [-0.3, -0.25) is 0 Å². The normalized spacial score (nSPS) is 12.0. The summed E-state index contributed by atoms with van der Waals surface area (Å²) in [6.45, 7) is 6.84. The van der Waals surface area contributed by atoms with E-state index in [-0.39, 0.29) is 5.41 Å². The van der Waals surface area contributed by atoms with E-state index in [9.17, 15) is 0 Å². The molecule has 0 saturated carbocycles. The van der Waals surface area contributed by atoms with Crippen molar-refractivity contribution >= 4 is 43.6 Å². The number of aromatic nitrogens is 2. The Kier molecular flexibility index (Phi) is 7.42. The van der Waals surface area contributed by atoms with Gasteiger partial charge >= 0.3 is 0 Å². The summed E-state index contributed by atoms with van der Waals surface area (Å²) in [5.41, 5.74) is 15.8. The zero-order valence-electron chi connectivity index (χ0n) is 30.8. The van der Waals surface area contributed by atoms with Crippen LogP contribution < -0.4 is 0 Å². The summed E-state index contributed by atoms with van der Waals surface area (Å²) in [6, 6.07) is 69.0. The minimum atomic E-state index is 0.0680. The third-order valence-electron chi connectivity index (χ3n) is 11.0. The van der Waals surface area contributed by atoms with Crippen molar-refractivity contribution in [3.8, 4) is 44.8 Å². The summed E-state index contributed by atoms with van der Waals surface area (Å²) in [6.07, 6.45) is 0. The van der Waals surface area contributed by atoms with Crippen LogP contribution in [0, 0.1) is 0 Å². The molecule has 0 amide bonds. The van der Waals surface area contributed by atoms with E-state index in [4.69, 9.17) is 0 Å². The molecule has 10 rings (SSSR count). The smallest absolute Gasteiger partial charge is 0.0541 e. The lowest BCUT2D eigenvalue weighted by atomic mass is 9.87. The van der Waals surface area contributed by atoms with Crippen molar-refractivity contribution in [3.05, 3.63) is 194 Å². The van der Waals surface area contributed by atoms with Crippen LogP contribution in [0.3, 0.4) is 0 Å². The molecular weight excluding hydrogens is 653 g/mol. The Labute approximate surface area is 316 Å². The van der Waals surface area contributed by atoms with Crippen molar-refractivity contribution in [3.63, 3.8) is 0 Å². The highest BCUT2D eigenvalue weighted by Crippen LogP contribution is 2.40. The van der Waals surface area contributed by atoms with Gasteiger partial charge in [-0.2, -0.15) is 0 Å². The van der Waals surface area contributed by atoms with Crippen molar-refractivity contribution in [1.29, 1.82) is 0 Å². The highest BCUT2D eigenvalue weighted by molar-refractivity contribution is 6.12. The molecule has 0 spiro atoms. The molecule has 2 nitrogen and oxygen atoms in total. The van der Waals surface area contributed by atoms with Gasteiger partial charge in [0.2, 0.25) is 0 Å². The third kappa shape index (κ3) is 5.33. The zero-order chi connectivity index (χ0) is 36.4. The second kappa shape index (κ2) is 12.5. The van der Waals surface area contributed by atoms with Gasteiger partial charge in [0, 0.05) is 32.9 Å². The minimum Gasteiger partial charge on any atom is -0.309 e. The van der Waals surface area contributed by atoms with Crippen LogP contribution in [0.1, 0.15) is 26.3 Å². The molecule has 2 heterocycles. The van der Waals surface area contributed by atoms with Crippen LogP contribution in [-0.2, 0) is 5.41 Å². The lowest BCUT2D eigenvalue weighted by Gasteiger charge is -2.20. The first-order valence-corrected chi connectivity index (χ1v) is 18.8. The molecule has 0 aliphatic rings. The Morgan fingerprint density at radius 2 is 0.759 bits per heavy atom. The van der Waals surface area contributed by atoms with E-state index in [0.717, 1.165) is 5.69 Å². The zero-order valence-corrected chi connectivity index (χ0v) is 30.8. The largest absolute Gasteiger partial charge is 0.309 e. The summed E-state index contributed by atoms with van der Waals surface area (Å²) in [7, 11) is 0. The summed E-state index contributed by atoms with van der Waals surface area (Å²) < 4.78 is 4.86. The number of hydrogen-bond donors (Lipinski definition) is 0. The van der Waals surface area contributed by atoms with Crippen molar-refractivity contribution in [2.45, 2.75) is 26.2 Å². The molecule has 0 atom stereocenters. The molecule has 258 valence electrons. The third-order valence-corrected chi connectivity index (χ3v) is 11.0. The molecule has 0 radical (unpaired) electrons. The number of hydrogen-bond acceptors (Lipinski definition) is 0. The molecule has 0 N–H and O–H groups in total. The highest BCUT2D eigenvalue weighted by Gasteiger charge is 2.19. The summed E-state index contributed by atoms with van der Waals surface area (Å²) in [5, 5.41) is 5.02. The molecule has 0 unspecified atom stereocenters. The maximum absolute atomic E-state index is 2.44. The maximum atomic E-state index is 2.44. The number of para-hydroxylation sites is 2. The Morgan fingerprint density at radius 1 is 0.296 bits per heavy atom. The number of nitrogens with zero attached hydrogens (tertiary/aromatic N) is 2. The average molecular weight is 693 g/mol. The van der Waals surface area contributed by atoms with E-state index in [1.54, 1.807) is 0 Å². The van der Waals surface area contributed by atoms with Crippen LogP contribution in [0.4, 0.5) is 0 Å². The van der Waals surface area contributed by atoms with Gasteiger partial charge in [-0.05, 0) is 111 Å². The fourth-order valence-electron chi connectivity index (χ4n) is 8.31. The van der Waals surface area contributed by atoms with Gasteiger partial charge in [-0.15, -0.1) is 0 Å². The Bertz CT molecular complexity index is 2950. The van der Waals surface area contributed by atoms with Crippen molar-refractivity contribution < 1.29 is 0 Å². The lowest BCUT2D eigenvalue weighted by molar-refractivity contribution is 0.590. The molecule has 8 aromatic carbocycles. The average Bonchev–Trinajstić information content (AvgIpc) is 3.73. The van der Waals surface area contributed by atoms with Gasteiger partial charge < -0.3 is 9.13 Å². The highest BCUT2D eigenvalue weighted by atomic mass is 15.0. The minimum absolute atomic E-state index is 0.0680. The van der Waals surface area contributed by atoms with E-state index in [1.807, 2.05) is 0 Å². The molecule has 54 heavy (non-hydrogen) atoms. The first-order chi connectivity index (χ1) is 26.4. The predicted octanol–water partition coefficient (Wildman–Crippen LogP) is 14.2. The molecule has 0 bridgehead atoms. The standard InChI is InChI=1S/C52H40N2/c1-52(2,3)41-19-14-20-42(34-41)53-48-23-12-10-21-44(48)46-32-37(25-27-50(46)53)38-26-28-51-47(33-38)45-22-11-13-24-49(45)54(51)43-30-39(35-15-6-4-7-16-35)29-40(31-43)36-17-8-5-9-18-36/h4-34H,1-3H3. The van der Waals surface area contributed by atoms with E-state index >= 15 is 0 Å². The fraction of sp³-hybridized carbons (Fsp3) is 0.0769. The number of benzene rings is 8. The van der Waals surface area contributed by atoms with Gasteiger partial charge in [0.05, 0.1) is 22.1 Å². The number of rotatable bonds is 5. The Morgan fingerprint density at radius 3 is 1.28 bits per heavy atom. The first kappa shape index (κ1) is 32.0. The van der Waals surface area contributed by atoms with Crippen LogP contribution in [0.15, 0.2) is 188 Å². The van der Waals surface area contributed by atoms with Crippen LogP contribution in [-0.4, -0.2) is 9.13 Å². The van der Waals surface area contributed by atoms with E-state index in [0.29, 0.717) is 0 Å². The topological polar surface area (TPSA) is 9.86 Å². The molecular formula is C52H40N2. The van der Waals surface area contributed by atoms with Crippen LogP contribution in [0.25, 0.3) is 88.4 Å². The monoisotopic (exact) mass is 692 g/mol. The van der Waals surface area contributed by atoms with Crippen LogP contribution in [0.2, 0.25) is 0 Å². The molecule has 0 fully saturated rings.